The topological polar surface area (TPSA) is 44.8 Å². The van der Waals surface area contributed by atoms with Crippen molar-refractivity contribution in [3.8, 4) is 0 Å². The normalized spacial score (nSPS) is 18.2. The molecule has 0 spiro atoms. The molecular weight excluding hydrogens is 314 g/mol. The van der Waals surface area contributed by atoms with Gasteiger partial charge < -0.3 is 19.9 Å². The van der Waals surface area contributed by atoms with Gasteiger partial charge in [-0.2, -0.15) is 0 Å². The lowest BCUT2D eigenvalue weighted by Gasteiger charge is -2.34. The summed E-state index contributed by atoms with van der Waals surface area (Å²) in [5.41, 5.74) is 3.65. The first-order chi connectivity index (χ1) is 12.0. The van der Waals surface area contributed by atoms with Crippen LogP contribution >= 0.6 is 0 Å². The van der Waals surface area contributed by atoms with Gasteiger partial charge in [-0.15, -0.1) is 0 Å². The number of ether oxygens (including phenoxy) is 1. The molecule has 1 heterocycles. The van der Waals surface area contributed by atoms with Crippen LogP contribution in [0.3, 0.4) is 0 Å². The number of methoxy groups -OCH3 is 1. The van der Waals surface area contributed by atoms with Crippen molar-refractivity contribution in [2.75, 3.05) is 46.9 Å². The minimum Gasteiger partial charge on any atom is -0.383 e. The molecule has 0 aromatic heterocycles. The van der Waals surface area contributed by atoms with Gasteiger partial charge in [0.1, 0.15) is 0 Å². The highest BCUT2D eigenvalue weighted by atomic mass is 16.5. The largest absolute Gasteiger partial charge is 0.383 e. The van der Waals surface area contributed by atoms with E-state index in [2.05, 4.69) is 42.3 Å². The molecule has 1 aliphatic heterocycles. The molecule has 1 N–H and O–H groups in total. The standard InChI is InChI=1S/C20H33N3O2/c1-16-7-8-19(17(2)12-16)13-21-20(24)22(3)14-18-6-5-9-23(15-18)10-11-25-4/h7-8,12,18H,5-6,9-11,13-15H2,1-4H3,(H,21,24)/t18-/m0/s1. The third-order valence-electron chi connectivity index (χ3n) is 5.02. The van der Waals surface area contributed by atoms with Crippen LogP contribution in [0.15, 0.2) is 18.2 Å². The molecule has 1 aliphatic rings. The molecule has 140 valence electrons. The monoisotopic (exact) mass is 347 g/mol. The van der Waals surface area contributed by atoms with Crippen LogP contribution in [0, 0.1) is 19.8 Å². The Morgan fingerprint density at radius 2 is 2.20 bits per heavy atom. The quantitative estimate of drug-likeness (QED) is 0.825. The van der Waals surface area contributed by atoms with Crippen LogP contribution in [0.25, 0.3) is 0 Å². The maximum atomic E-state index is 12.4. The number of nitrogens with one attached hydrogen (secondary N) is 1. The maximum absolute atomic E-state index is 12.4. The molecule has 1 saturated heterocycles. The number of piperidine rings is 1. The zero-order chi connectivity index (χ0) is 18.2. The lowest BCUT2D eigenvalue weighted by Crippen LogP contribution is -2.45. The Labute approximate surface area is 152 Å². The van der Waals surface area contributed by atoms with E-state index in [1.54, 1.807) is 7.11 Å². The van der Waals surface area contributed by atoms with E-state index in [-0.39, 0.29) is 6.03 Å². The van der Waals surface area contributed by atoms with Gasteiger partial charge in [0, 0.05) is 40.3 Å². The molecule has 5 nitrogen and oxygen atoms in total. The van der Waals surface area contributed by atoms with E-state index in [0.717, 1.165) is 32.8 Å². The molecule has 0 unspecified atom stereocenters. The number of benzene rings is 1. The number of aryl methyl sites for hydroxylation is 2. The summed E-state index contributed by atoms with van der Waals surface area (Å²) in [5.74, 6) is 0.544. The lowest BCUT2D eigenvalue weighted by molar-refractivity contribution is 0.105. The number of hydrogen-bond acceptors (Lipinski definition) is 3. The molecule has 2 amide bonds. The summed E-state index contributed by atoms with van der Waals surface area (Å²) in [4.78, 5) is 16.7. The highest BCUT2D eigenvalue weighted by Crippen LogP contribution is 2.17. The second-order valence-corrected chi connectivity index (χ2v) is 7.27. The number of urea groups is 1. The average Bonchev–Trinajstić information content (AvgIpc) is 2.59. The summed E-state index contributed by atoms with van der Waals surface area (Å²) in [5, 5.41) is 3.05. The Bertz CT molecular complexity index is 562. The second kappa shape index (κ2) is 9.78. The summed E-state index contributed by atoms with van der Waals surface area (Å²) in [6.45, 7) is 9.52. The first kappa shape index (κ1) is 19.7. The zero-order valence-electron chi connectivity index (χ0n) is 16.2. The number of carbonyl (C=O) groups excluding carboxylic acids is 1. The molecule has 25 heavy (non-hydrogen) atoms. The van der Waals surface area contributed by atoms with Crippen LogP contribution < -0.4 is 5.32 Å². The number of nitrogens with zero attached hydrogens (tertiary/aromatic N) is 2. The SMILES string of the molecule is COCCN1CCC[C@@H](CN(C)C(=O)NCc2ccc(C)cc2C)C1. The molecule has 0 bridgehead atoms. The van der Waals surface area contributed by atoms with Crippen molar-refractivity contribution in [3.05, 3.63) is 34.9 Å². The Kier molecular flexibility index (Phi) is 7.72. The average molecular weight is 348 g/mol. The van der Waals surface area contributed by atoms with Crippen molar-refractivity contribution in [2.45, 2.75) is 33.2 Å². The van der Waals surface area contributed by atoms with Crippen LogP contribution in [0.2, 0.25) is 0 Å². The molecule has 0 saturated carbocycles. The maximum Gasteiger partial charge on any atom is 0.317 e. The Morgan fingerprint density at radius 3 is 2.92 bits per heavy atom. The molecule has 0 radical (unpaired) electrons. The van der Waals surface area contributed by atoms with Crippen LogP contribution in [-0.4, -0.2) is 62.8 Å². The Balaban J connectivity index is 1.77. The number of rotatable bonds is 7. The molecule has 5 heteroatoms. The van der Waals surface area contributed by atoms with Crippen molar-refractivity contribution in [1.82, 2.24) is 15.1 Å². The number of likely N-dealkylation sites (tertiary alicyclic amines) is 1. The predicted molar refractivity (Wildman–Crippen MR) is 102 cm³/mol. The van der Waals surface area contributed by atoms with Crippen molar-refractivity contribution in [3.63, 3.8) is 0 Å². The summed E-state index contributed by atoms with van der Waals surface area (Å²) < 4.78 is 5.17. The highest BCUT2D eigenvalue weighted by molar-refractivity contribution is 5.73. The van der Waals surface area contributed by atoms with Gasteiger partial charge in [0.15, 0.2) is 0 Å². The van der Waals surface area contributed by atoms with Gasteiger partial charge in [0.2, 0.25) is 0 Å². The number of carbonyl (C=O) groups is 1. The summed E-state index contributed by atoms with van der Waals surface area (Å²) >= 11 is 0. The molecule has 0 aliphatic carbocycles. The zero-order valence-corrected chi connectivity index (χ0v) is 16.2. The molecule has 1 atom stereocenters. The van der Waals surface area contributed by atoms with Crippen molar-refractivity contribution >= 4 is 6.03 Å². The number of amides is 2. The smallest absolute Gasteiger partial charge is 0.317 e. The molecular formula is C20H33N3O2. The summed E-state index contributed by atoms with van der Waals surface area (Å²) in [7, 11) is 3.64. The molecule has 1 fully saturated rings. The van der Waals surface area contributed by atoms with Gasteiger partial charge in [-0.25, -0.2) is 4.79 Å². The van der Waals surface area contributed by atoms with Gasteiger partial charge in [-0.05, 0) is 50.3 Å². The summed E-state index contributed by atoms with van der Waals surface area (Å²) in [6.07, 6.45) is 2.39. The Hall–Kier alpha value is -1.59. The second-order valence-electron chi connectivity index (χ2n) is 7.27. The van der Waals surface area contributed by atoms with Crippen molar-refractivity contribution in [2.24, 2.45) is 5.92 Å². The minimum absolute atomic E-state index is 0.00832. The lowest BCUT2D eigenvalue weighted by atomic mass is 9.97. The van der Waals surface area contributed by atoms with E-state index in [1.165, 1.54) is 29.5 Å². The van der Waals surface area contributed by atoms with Crippen LogP contribution in [0.5, 0.6) is 0 Å². The van der Waals surface area contributed by atoms with Crippen LogP contribution in [0.1, 0.15) is 29.5 Å². The van der Waals surface area contributed by atoms with Crippen molar-refractivity contribution in [1.29, 1.82) is 0 Å². The Morgan fingerprint density at radius 1 is 1.40 bits per heavy atom. The van der Waals surface area contributed by atoms with E-state index >= 15 is 0 Å². The fraction of sp³-hybridized carbons (Fsp3) is 0.650. The van der Waals surface area contributed by atoms with Gasteiger partial charge in [-0.3, -0.25) is 0 Å². The van der Waals surface area contributed by atoms with E-state index in [0.29, 0.717) is 12.5 Å². The van der Waals surface area contributed by atoms with E-state index in [1.807, 2.05) is 11.9 Å². The first-order valence-corrected chi connectivity index (χ1v) is 9.26. The third-order valence-corrected chi connectivity index (χ3v) is 5.02. The summed E-state index contributed by atoms with van der Waals surface area (Å²) in [6, 6.07) is 6.35. The first-order valence-electron chi connectivity index (χ1n) is 9.26. The fourth-order valence-electron chi connectivity index (χ4n) is 3.54. The molecule has 1 aromatic carbocycles. The van der Waals surface area contributed by atoms with Gasteiger partial charge in [0.05, 0.1) is 6.61 Å². The highest BCUT2D eigenvalue weighted by Gasteiger charge is 2.22. The van der Waals surface area contributed by atoms with E-state index < -0.39 is 0 Å². The molecule has 2 rings (SSSR count). The van der Waals surface area contributed by atoms with Gasteiger partial charge in [-0.1, -0.05) is 23.8 Å². The van der Waals surface area contributed by atoms with Gasteiger partial charge in [0.25, 0.3) is 0 Å². The number of hydrogen-bond donors (Lipinski definition) is 1. The van der Waals surface area contributed by atoms with E-state index in [4.69, 9.17) is 4.74 Å². The van der Waals surface area contributed by atoms with Gasteiger partial charge >= 0.3 is 6.03 Å². The van der Waals surface area contributed by atoms with Crippen molar-refractivity contribution < 1.29 is 9.53 Å². The van der Waals surface area contributed by atoms with Crippen LogP contribution in [-0.2, 0) is 11.3 Å². The van der Waals surface area contributed by atoms with Crippen LogP contribution in [0.4, 0.5) is 4.79 Å². The molecule has 1 aromatic rings. The minimum atomic E-state index is 0.00832. The fourth-order valence-corrected chi connectivity index (χ4v) is 3.54. The van der Waals surface area contributed by atoms with E-state index in [9.17, 15) is 4.79 Å². The predicted octanol–water partition coefficient (Wildman–Crippen LogP) is 2.80. The third kappa shape index (κ3) is 6.33.